The summed E-state index contributed by atoms with van der Waals surface area (Å²) in [5, 5.41) is 0.810. The lowest BCUT2D eigenvalue weighted by atomic mass is 10.3. The lowest BCUT2D eigenvalue weighted by molar-refractivity contribution is 0.336. The average molecular weight is 216 g/mol. The van der Waals surface area contributed by atoms with Gasteiger partial charge >= 0.3 is 0 Å². The van der Waals surface area contributed by atoms with Crippen molar-refractivity contribution in [1.82, 2.24) is 4.98 Å². The van der Waals surface area contributed by atoms with Crippen LogP contribution in [0.4, 0.5) is 0 Å². The Kier molecular flexibility index (Phi) is 3.36. The third-order valence-corrected chi connectivity index (χ3v) is 1.92. The summed E-state index contributed by atoms with van der Waals surface area (Å²) in [4.78, 5) is 3.97. The molecule has 0 saturated carbocycles. The summed E-state index contributed by atoms with van der Waals surface area (Å²) >= 11 is 3.37. The highest BCUT2D eigenvalue weighted by Crippen LogP contribution is 2.18. The van der Waals surface area contributed by atoms with Crippen LogP contribution in [0.3, 0.4) is 0 Å². The Morgan fingerprint density at radius 2 is 2.45 bits per heavy atom. The van der Waals surface area contributed by atoms with Crippen LogP contribution < -0.4 is 4.74 Å². The number of aromatic nitrogens is 1. The molecule has 0 saturated heterocycles. The van der Waals surface area contributed by atoms with Crippen molar-refractivity contribution in [2.24, 2.45) is 0 Å². The second-order valence-corrected chi connectivity index (χ2v) is 2.61. The van der Waals surface area contributed by atoms with E-state index in [0.717, 1.165) is 16.6 Å². The molecule has 3 heteroatoms. The van der Waals surface area contributed by atoms with Gasteiger partial charge in [-0.2, -0.15) is 0 Å². The SMILES string of the molecule is CCOc1cnccc1CBr. The van der Waals surface area contributed by atoms with Gasteiger partial charge in [-0.15, -0.1) is 0 Å². The number of alkyl halides is 1. The summed E-state index contributed by atoms with van der Waals surface area (Å²) in [7, 11) is 0. The quantitative estimate of drug-likeness (QED) is 0.723. The highest BCUT2D eigenvalue weighted by Gasteiger charge is 1.99. The van der Waals surface area contributed by atoms with Gasteiger partial charge in [-0.25, -0.2) is 0 Å². The second-order valence-electron chi connectivity index (χ2n) is 2.05. The fourth-order valence-electron chi connectivity index (χ4n) is 0.805. The Bertz CT molecular complexity index is 227. The number of hydrogen-bond donors (Lipinski definition) is 0. The van der Waals surface area contributed by atoms with Gasteiger partial charge in [-0.3, -0.25) is 4.98 Å². The van der Waals surface area contributed by atoms with Crippen LogP contribution in [0.1, 0.15) is 12.5 Å². The Hall–Kier alpha value is -0.570. The van der Waals surface area contributed by atoms with Crippen molar-refractivity contribution >= 4 is 15.9 Å². The molecule has 0 atom stereocenters. The molecule has 0 aliphatic carbocycles. The largest absolute Gasteiger partial charge is 0.492 e. The van der Waals surface area contributed by atoms with Crippen molar-refractivity contribution < 1.29 is 4.74 Å². The van der Waals surface area contributed by atoms with E-state index in [2.05, 4.69) is 20.9 Å². The molecule has 0 radical (unpaired) electrons. The molecule has 0 spiro atoms. The molecule has 0 aliphatic rings. The van der Waals surface area contributed by atoms with Crippen LogP contribution in [-0.2, 0) is 5.33 Å². The van der Waals surface area contributed by atoms with Crippen LogP contribution in [0.2, 0.25) is 0 Å². The summed E-state index contributed by atoms with van der Waals surface area (Å²) in [6, 6.07) is 1.94. The third-order valence-electron chi connectivity index (χ3n) is 1.31. The summed E-state index contributed by atoms with van der Waals surface area (Å²) in [5.74, 6) is 0.867. The molecule has 0 bridgehead atoms. The maximum absolute atomic E-state index is 5.34. The third kappa shape index (κ3) is 2.19. The standard InChI is InChI=1S/C8H10BrNO/c1-2-11-8-6-10-4-3-7(8)5-9/h3-4,6H,2,5H2,1H3. The van der Waals surface area contributed by atoms with E-state index in [1.807, 2.05) is 13.0 Å². The van der Waals surface area contributed by atoms with Gasteiger partial charge in [0.25, 0.3) is 0 Å². The van der Waals surface area contributed by atoms with Gasteiger partial charge in [0, 0.05) is 17.1 Å². The predicted molar refractivity (Wildman–Crippen MR) is 48.0 cm³/mol. The van der Waals surface area contributed by atoms with Crippen LogP contribution in [0.5, 0.6) is 5.75 Å². The summed E-state index contributed by atoms with van der Waals surface area (Å²) in [5.41, 5.74) is 1.14. The van der Waals surface area contributed by atoms with Crippen molar-refractivity contribution in [2.75, 3.05) is 6.61 Å². The van der Waals surface area contributed by atoms with Gasteiger partial charge in [0.2, 0.25) is 0 Å². The molecule has 1 aromatic heterocycles. The van der Waals surface area contributed by atoms with Crippen molar-refractivity contribution in [3.63, 3.8) is 0 Å². The minimum Gasteiger partial charge on any atom is -0.492 e. The number of nitrogens with zero attached hydrogens (tertiary/aromatic N) is 1. The number of hydrogen-bond acceptors (Lipinski definition) is 2. The van der Waals surface area contributed by atoms with Gasteiger partial charge in [-0.1, -0.05) is 15.9 Å². The van der Waals surface area contributed by atoms with Gasteiger partial charge in [0.05, 0.1) is 12.8 Å². The van der Waals surface area contributed by atoms with E-state index in [1.165, 1.54) is 0 Å². The molecule has 1 heterocycles. The van der Waals surface area contributed by atoms with Gasteiger partial charge in [-0.05, 0) is 13.0 Å². The van der Waals surface area contributed by atoms with E-state index >= 15 is 0 Å². The van der Waals surface area contributed by atoms with E-state index in [0.29, 0.717) is 6.61 Å². The first-order chi connectivity index (χ1) is 5.38. The topological polar surface area (TPSA) is 22.1 Å². The fourth-order valence-corrected chi connectivity index (χ4v) is 1.27. The highest BCUT2D eigenvalue weighted by molar-refractivity contribution is 9.08. The zero-order valence-electron chi connectivity index (χ0n) is 6.38. The van der Waals surface area contributed by atoms with Gasteiger partial charge in [0.15, 0.2) is 0 Å². The maximum Gasteiger partial charge on any atom is 0.141 e. The Morgan fingerprint density at radius 3 is 3.09 bits per heavy atom. The number of ether oxygens (including phenoxy) is 1. The van der Waals surface area contributed by atoms with Crippen molar-refractivity contribution in [3.05, 3.63) is 24.0 Å². The van der Waals surface area contributed by atoms with E-state index in [1.54, 1.807) is 12.4 Å². The molecule has 0 aliphatic heterocycles. The van der Waals surface area contributed by atoms with Crippen molar-refractivity contribution in [3.8, 4) is 5.75 Å². The van der Waals surface area contributed by atoms with E-state index in [9.17, 15) is 0 Å². The Morgan fingerprint density at radius 1 is 1.64 bits per heavy atom. The molecule has 0 aromatic carbocycles. The minimum atomic E-state index is 0.686. The smallest absolute Gasteiger partial charge is 0.141 e. The van der Waals surface area contributed by atoms with Crippen LogP contribution in [0.15, 0.2) is 18.5 Å². The molecule has 0 fully saturated rings. The molecule has 1 rings (SSSR count). The van der Waals surface area contributed by atoms with Gasteiger partial charge < -0.3 is 4.74 Å². The van der Waals surface area contributed by atoms with Gasteiger partial charge in [0.1, 0.15) is 5.75 Å². The maximum atomic E-state index is 5.34. The molecule has 0 N–H and O–H groups in total. The predicted octanol–water partition coefficient (Wildman–Crippen LogP) is 2.38. The number of pyridine rings is 1. The molecule has 0 amide bonds. The zero-order valence-corrected chi connectivity index (χ0v) is 7.97. The fraction of sp³-hybridized carbons (Fsp3) is 0.375. The Labute approximate surface area is 74.7 Å². The molecule has 60 valence electrons. The number of halogens is 1. The van der Waals surface area contributed by atoms with Crippen LogP contribution >= 0.6 is 15.9 Å². The van der Waals surface area contributed by atoms with Crippen LogP contribution in [0.25, 0.3) is 0 Å². The van der Waals surface area contributed by atoms with Crippen LogP contribution in [-0.4, -0.2) is 11.6 Å². The lowest BCUT2D eigenvalue weighted by Crippen LogP contribution is -1.95. The summed E-state index contributed by atoms with van der Waals surface area (Å²) in [6.07, 6.45) is 3.50. The molecule has 11 heavy (non-hydrogen) atoms. The monoisotopic (exact) mass is 215 g/mol. The van der Waals surface area contributed by atoms with Crippen LogP contribution in [0, 0.1) is 0 Å². The zero-order chi connectivity index (χ0) is 8.10. The summed E-state index contributed by atoms with van der Waals surface area (Å²) < 4.78 is 5.34. The first-order valence-electron chi connectivity index (χ1n) is 3.50. The average Bonchev–Trinajstić information content (AvgIpc) is 2.06. The highest BCUT2D eigenvalue weighted by atomic mass is 79.9. The molecule has 2 nitrogen and oxygen atoms in total. The van der Waals surface area contributed by atoms with Crippen molar-refractivity contribution in [1.29, 1.82) is 0 Å². The number of rotatable bonds is 3. The summed E-state index contributed by atoms with van der Waals surface area (Å²) in [6.45, 7) is 2.65. The molecule has 1 aromatic rings. The molecule has 0 unspecified atom stereocenters. The van der Waals surface area contributed by atoms with E-state index in [-0.39, 0.29) is 0 Å². The molecular weight excluding hydrogens is 206 g/mol. The molecular formula is C8H10BrNO. The first-order valence-corrected chi connectivity index (χ1v) is 4.62. The normalized spacial score (nSPS) is 9.64. The van der Waals surface area contributed by atoms with E-state index in [4.69, 9.17) is 4.74 Å². The van der Waals surface area contributed by atoms with E-state index < -0.39 is 0 Å². The second kappa shape index (κ2) is 4.34. The van der Waals surface area contributed by atoms with Crippen molar-refractivity contribution in [2.45, 2.75) is 12.3 Å². The first kappa shape index (κ1) is 8.53. The lowest BCUT2D eigenvalue weighted by Gasteiger charge is -2.05. The minimum absolute atomic E-state index is 0.686. The Balaban J connectivity index is 2.83.